The molecule has 17 heavy (non-hydrogen) atoms. The molecule has 0 fully saturated rings. The fourth-order valence-electron chi connectivity index (χ4n) is 1.46. The molecule has 0 aliphatic heterocycles. The number of rotatable bonds is 1. The third-order valence-corrected chi connectivity index (χ3v) is 2.26. The normalized spacial score (nSPS) is 11.2. The van der Waals surface area contributed by atoms with Crippen molar-refractivity contribution in [3.8, 4) is 17.3 Å². The fraction of sp³-hybridized carbons (Fsp3) is 0.0909. The zero-order valence-corrected chi connectivity index (χ0v) is 8.42. The van der Waals surface area contributed by atoms with E-state index in [4.69, 9.17) is 5.26 Å². The number of nitrogens with one attached hydrogen (secondary N) is 1. The molecule has 3 nitrogen and oxygen atoms in total. The van der Waals surface area contributed by atoms with E-state index < -0.39 is 11.7 Å². The Kier molecular flexibility index (Phi) is 2.60. The van der Waals surface area contributed by atoms with Crippen LogP contribution >= 0.6 is 0 Å². The zero-order valence-electron chi connectivity index (χ0n) is 8.42. The highest BCUT2D eigenvalue weighted by molar-refractivity contribution is 5.62. The highest BCUT2D eigenvalue weighted by atomic mass is 19.4. The molecule has 0 aliphatic rings. The SMILES string of the molecule is N#Cc1ccc(-c2ccn[nH]2)cc1C(F)(F)F. The first-order valence-electron chi connectivity index (χ1n) is 4.63. The Balaban J connectivity index is 2.58. The van der Waals surface area contributed by atoms with E-state index in [1.165, 1.54) is 18.3 Å². The Morgan fingerprint density at radius 2 is 2.00 bits per heavy atom. The first-order valence-corrected chi connectivity index (χ1v) is 4.63. The van der Waals surface area contributed by atoms with Crippen LogP contribution in [0.15, 0.2) is 30.5 Å². The first kappa shape index (κ1) is 11.2. The minimum Gasteiger partial charge on any atom is -0.278 e. The average molecular weight is 237 g/mol. The smallest absolute Gasteiger partial charge is 0.278 e. The van der Waals surface area contributed by atoms with Gasteiger partial charge in [0.1, 0.15) is 0 Å². The van der Waals surface area contributed by atoms with Crippen molar-refractivity contribution in [1.82, 2.24) is 10.2 Å². The van der Waals surface area contributed by atoms with E-state index in [2.05, 4.69) is 10.2 Å². The highest BCUT2D eigenvalue weighted by Crippen LogP contribution is 2.34. The third-order valence-electron chi connectivity index (χ3n) is 2.26. The van der Waals surface area contributed by atoms with Crippen LogP contribution in [0.3, 0.4) is 0 Å². The summed E-state index contributed by atoms with van der Waals surface area (Å²) < 4.78 is 38.0. The van der Waals surface area contributed by atoms with Gasteiger partial charge in [0, 0.05) is 11.8 Å². The Hall–Kier alpha value is -2.29. The number of alkyl halides is 3. The van der Waals surface area contributed by atoms with Gasteiger partial charge in [-0.3, -0.25) is 5.10 Å². The number of aromatic amines is 1. The van der Waals surface area contributed by atoms with Crippen molar-refractivity contribution >= 4 is 0 Å². The molecule has 0 amide bonds. The maximum absolute atomic E-state index is 12.7. The van der Waals surface area contributed by atoms with E-state index in [-0.39, 0.29) is 5.56 Å². The highest BCUT2D eigenvalue weighted by Gasteiger charge is 2.33. The molecule has 0 unspecified atom stereocenters. The van der Waals surface area contributed by atoms with E-state index in [1.807, 2.05) is 0 Å². The molecule has 0 bridgehead atoms. The summed E-state index contributed by atoms with van der Waals surface area (Å²) in [5.41, 5.74) is -0.512. The van der Waals surface area contributed by atoms with Crippen LogP contribution in [0.2, 0.25) is 0 Å². The minimum atomic E-state index is -4.54. The van der Waals surface area contributed by atoms with E-state index in [9.17, 15) is 13.2 Å². The van der Waals surface area contributed by atoms with Gasteiger partial charge >= 0.3 is 6.18 Å². The summed E-state index contributed by atoms with van der Waals surface area (Å²) >= 11 is 0. The molecule has 1 heterocycles. The van der Waals surface area contributed by atoms with Crippen LogP contribution in [-0.2, 0) is 6.18 Å². The molecular weight excluding hydrogens is 231 g/mol. The second-order valence-electron chi connectivity index (χ2n) is 3.34. The van der Waals surface area contributed by atoms with Gasteiger partial charge in [-0.2, -0.15) is 23.5 Å². The van der Waals surface area contributed by atoms with Crippen molar-refractivity contribution in [3.05, 3.63) is 41.6 Å². The monoisotopic (exact) mass is 237 g/mol. The van der Waals surface area contributed by atoms with E-state index in [0.717, 1.165) is 12.1 Å². The molecule has 2 aromatic rings. The molecule has 0 saturated carbocycles. The average Bonchev–Trinajstić information content (AvgIpc) is 2.80. The molecule has 0 atom stereocenters. The molecule has 0 aliphatic carbocycles. The Labute approximate surface area is 94.5 Å². The van der Waals surface area contributed by atoms with Gasteiger partial charge < -0.3 is 0 Å². The summed E-state index contributed by atoms with van der Waals surface area (Å²) in [6.45, 7) is 0. The summed E-state index contributed by atoms with van der Waals surface area (Å²) in [6, 6.07) is 6.62. The Bertz CT molecular complexity index is 565. The van der Waals surface area contributed by atoms with E-state index >= 15 is 0 Å². The predicted octanol–water partition coefficient (Wildman–Crippen LogP) is 2.97. The molecule has 1 N–H and O–H groups in total. The minimum absolute atomic E-state index is 0.342. The predicted molar refractivity (Wildman–Crippen MR) is 53.7 cm³/mol. The Morgan fingerprint density at radius 3 is 2.53 bits per heavy atom. The lowest BCUT2D eigenvalue weighted by atomic mass is 10.0. The number of benzene rings is 1. The summed E-state index contributed by atoms with van der Waals surface area (Å²) in [5.74, 6) is 0. The summed E-state index contributed by atoms with van der Waals surface area (Å²) in [6.07, 6.45) is -3.10. The van der Waals surface area contributed by atoms with Crippen molar-refractivity contribution in [3.63, 3.8) is 0 Å². The van der Waals surface area contributed by atoms with Crippen LogP contribution < -0.4 is 0 Å². The van der Waals surface area contributed by atoms with Crippen molar-refractivity contribution in [2.24, 2.45) is 0 Å². The summed E-state index contributed by atoms with van der Waals surface area (Å²) in [5, 5.41) is 14.9. The van der Waals surface area contributed by atoms with Crippen molar-refractivity contribution < 1.29 is 13.2 Å². The molecule has 0 spiro atoms. The second-order valence-corrected chi connectivity index (χ2v) is 3.34. The number of hydrogen-bond acceptors (Lipinski definition) is 2. The molecular formula is C11H6F3N3. The van der Waals surface area contributed by atoms with E-state index in [0.29, 0.717) is 11.3 Å². The van der Waals surface area contributed by atoms with Gasteiger partial charge in [-0.25, -0.2) is 0 Å². The van der Waals surface area contributed by atoms with Crippen LogP contribution in [0, 0.1) is 11.3 Å². The Morgan fingerprint density at radius 1 is 1.24 bits per heavy atom. The molecule has 0 saturated heterocycles. The van der Waals surface area contributed by atoms with Gasteiger partial charge in [-0.05, 0) is 18.2 Å². The maximum Gasteiger partial charge on any atom is 0.417 e. The summed E-state index contributed by atoms with van der Waals surface area (Å²) in [7, 11) is 0. The van der Waals surface area contributed by atoms with Gasteiger partial charge in [-0.1, -0.05) is 6.07 Å². The van der Waals surface area contributed by atoms with Crippen molar-refractivity contribution in [2.75, 3.05) is 0 Å². The topological polar surface area (TPSA) is 52.5 Å². The van der Waals surface area contributed by atoms with Crippen molar-refractivity contribution in [1.29, 1.82) is 5.26 Å². The van der Waals surface area contributed by atoms with Crippen LogP contribution in [-0.4, -0.2) is 10.2 Å². The van der Waals surface area contributed by atoms with Crippen LogP contribution in [0.5, 0.6) is 0 Å². The van der Waals surface area contributed by atoms with Crippen LogP contribution in [0.1, 0.15) is 11.1 Å². The number of nitriles is 1. The zero-order chi connectivity index (χ0) is 12.5. The molecule has 1 aromatic carbocycles. The third kappa shape index (κ3) is 2.13. The van der Waals surface area contributed by atoms with Crippen molar-refractivity contribution in [2.45, 2.75) is 6.18 Å². The first-order chi connectivity index (χ1) is 8.02. The number of hydrogen-bond donors (Lipinski definition) is 1. The van der Waals surface area contributed by atoms with Gasteiger partial charge in [0.15, 0.2) is 0 Å². The van der Waals surface area contributed by atoms with Gasteiger partial charge in [0.05, 0.1) is 22.9 Å². The lowest BCUT2D eigenvalue weighted by molar-refractivity contribution is -0.137. The number of H-pyrrole nitrogens is 1. The largest absolute Gasteiger partial charge is 0.417 e. The lowest BCUT2D eigenvalue weighted by Gasteiger charge is -2.09. The molecule has 1 aromatic heterocycles. The van der Waals surface area contributed by atoms with E-state index in [1.54, 1.807) is 6.07 Å². The molecule has 0 radical (unpaired) electrons. The number of nitrogens with zero attached hydrogens (tertiary/aromatic N) is 2. The molecule has 86 valence electrons. The van der Waals surface area contributed by atoms with Gasteiger partial charge in [0.2, 0.25) is 0 Å². The van der Waals surface area contributed by atoms with Gasteiger partial charge in [-0.15, -0.1) is 0 Å². The second kappa shape index (κ2) is 3.94. The summed E-state index contributed by atoms with van der Waals surface area (Å²) in [4.78, 5) is 0. The quantitative estimate of drug-likeness (QED) is 0.828. The van der Waals surface area contributed by atoms with Crippen LogP contribution in [0.25, 0.3) is 11.3 Å². The molecule has 2 rings (SSSR count). The lowest BCUT2D eigenvalue weighted by Crippen LogP contribution is -2.07. The molecule has 6 heteroatoms. The fourth-order valence-corrected chi connectivity index (χ4v) is 1.46. The maximum atomic E-state index is 12.7. The van der Waals surface area contributed by atoms with Crippen LogP contribution in [0.4, 0.5) is 13.2 Å². The standard InChI is InChI=1S/C11H6F3N3/c12-11(13,14)9-5-7(1-2-8(9)6-15)10-3-4-16-17-10/h1-5H,(H,16,17). The number of halogens is 3. The van der Waals surface area contributed by atoms with Gasteiger partial charge in [0.25, 0.3) is 0 Å². The number of aromatic nitrogens is 2.